The molecule has 1 aliphatic heterocycles. The van der Waals surface area contributed by atoms with Crippen LogP contribution in [0, 0.1) is 0 Å². The molecule has 3 aromatic carbocycles. The summed E-state index contributed by atoms with van der Waals surface area (Å²) < 4.78 is 23.1. The third-order valence-corrected chi connectivity index (χ3v) is 6.19. The van der Waals surface area contributed by atoms with E-state index in [1.807, 2.05) is 91.0 Å². The van der Waals surface area contributed by atoms with Gasteiger partial charge in [-0.2, -0.15) is 0 Å². The first-order valence-corrected chi connectivity index (χ1v) is 11.0. The number of benzene rings is 3. The van der Waals surface area contributed by atoms with Crippen LogP contribution in [0.5, 0.6) is 0 Å². The molecule has 2 N–H and O–H groups in total. The van der Waals surface area contributed by atoms with E-state index in [9.17, 15) is 10.2 Å². The lowest BCUT2D eigenvalue weighted by atomic mass is 9.80. The van der Waals surface area contributed by atoms with Gasteiger partial charge in [0.25, 0.3) is 0 Å². The van der Waals surface area contributed by atoms with E-state index >= 15 is 0 Å². The van der Waals surface area contributed by atoms with Crippen molar-refractivity contribution in [3.63, 3.8) is 0 Å². The highest BCUT2D eigenvalue weighted by Gasteiger charge is 2.47. The zero-order chi connectivity index (χ0) is 23.3. The third kappa shape index (κ3) is 4.59. The zero-order valence-corrected chi connectivity index (χ0v) is 18.8. The summed E-state index contributed by atoms with van der Waals surface area (Å²) in [6.45, 7) is 0.00715. The molecule has 1 aliphatic rings. The second-order valence-corrected chi connectivity index (χ2v) is 8.05. The number of rotatable bonds is 8. The van der Waals surface area contributed by atoms with Crippen LogP contribution in [-0.4, -0.2) is 61.7 Å². The fourth-order valence-corrected chi connectivity index (χ4v) is 4.54. The Morgan fingerprint density at radius 3 is 1.52 bits per heavy atom. The number of hydrogen-bond donors (Lipinski definition) is 2. The summed E-state index contributed by atoms with van der Waals surface area (Å²) in [4.78, 5) is 0. The molecule has 6 nitrogen and oxygen atoms in total. The van der Waals surface area contributed by atoms with Gasteiger partial charge in [-0.1, -0.05) is 91.0 Å². The van der Waals surface area contributed by atoms with Gasteiger partial charge in [-0.25, -0.2) is 0 Å². The molecule has 0 unspecified atom stereocenters. The van der Waals surface area contributed by atoms with Crippen molar-refractivity contribution < 1.29 is 29.2 Å². The van der Waals surface area contributed by atoms with Crippen molar-refractivity contribution in [3.05, 3.63) is 108 Å². The first-order chi connectivity index (χ1) is 16.1. The van der Waals surface area contributed by atoms with Crippen molar-refractivity contribution >= 4 is 0 Å². The molecule has 4 rings (SSSR count). The van der Waals surface area contributed by atoms with Crippen molar-refractivity contribution in [1.82, 2.24) is 0 Å². The molecule has 1 heterocycles. The standard InChI is InChI=1S/C27H30O6/c1-30-24-23(28)22(33-26(29)25(24)31-2)18-32-27(19-12-6-3-7-13-19,20-14-8-4-9-15-20)21-16-10-5-11-17-21/h3-17,22-26,28-29H,18H2,1-2H3/t22-,23-,24+,25-,26+/m1/s1. The van der Waals surface area contributed by atoms with Crippen LogP contribution in [0.25, 0.3) is 0 Å². The fraction of sp³-hybridized carbons (Fsp3) is 0.333. The number of methoxy groups -OCH3 is 2. The Balaban J connectivity index is 1.75. The second-order valence-electron chi connectivity index (χ2n) is 8.05. The van der Waals surface area contributed by atoms with E-state index in [0.29, 0.717) is 0 Å². The fourth-order valence-electron chi connectivity index (χ4n) is 4.54. The van der Waals surface area contributed by atoms with Crippen LogP contribution in [0.3, 0.4) is 0 Å². The lowest BCUT2D eigenvalue weighted by Gasteiger charge is -2.43. The second kappa shape index (κ2) is 10.6. The highest BCUT2D eigenvalue weighted by atomic mass is 16.7. The van der Waals surface area contributed by atoms with Gasteiger partial charge in [-0.15, -0.1) is 0 Å². The molecule has 1 fully saturated rings. The monoisotopic (exact) mass is 450 g/mol. The van der Waals surface area contributed by atoms with Crippen molar-refractivity contribution in [2.45, 2.75) is 36.3 Å². The minimum absolute atomic E-state index is 0.00715. The van der Waals surface area contributed by atoms with Crippen molar-refractivity contribution in [2.75, 3.05) is 20.8 Å². The average Bonchev–Trinajstić information content (AvgIpc) is 2.88. The Bertz CT molecular complexity index is 885. The summed E-state index contributed by atoms with van der Waals surface area (Å²) >= 11 is 0. The molecule has 0 aromatic heterocycles. The third-order valence-electron chi connectivity index (χ3n) is 6.19. The summed E-state index contributed by atoms with van der Waals surface area (Å²) in [5.41, 5.74) is 1.85. The highest BCUT2D eigenvalue weighted by Crippen LogP contribution is 2.41. The van der Waals surface area contributed by atoms with Crippen LogP contribution >= 0.6 is 0 Å². The Labute approximate surface area is 194 Å². The van der Waals surface area contributed by atoms with Gasteiger partial charge < -0.3 is 29.2 Å². The first-order valence-electron chi connectivity index (χ1n) is 11.0. The topological polar surface area (TPSA) is 77.4 Å². The van der Waals surface area contributed by atoms with E-state index in [1.54, 1.807) is 0 Å². The Hall–Kier alpha value is -2.58. The van der Waals surface area contributed by atoms with E-state index in [2.05, 4.69) is 0 Å². The minimum Gasteiger partial charge on any atom is -0.387 e. The molecule has 6 heteroatoms. The molecule has 0 radical (unpaired) electrons. The molecule has 0 saturated carbocycles. The summed E-state index contributed by atoms with van der Waals surface area (Å²) in [7, 11) is 2.91. The molecule has 0 spiro atoms. The molecule has 5 atom stereocenters. The van der Waals surface area contributed by atoms with Gasteiger partial charge in [-0.3, -0.25) is 0 Å². The number of ether oxygens (including phenoxy) is 4. The van der Waals surface area contributed by atoms with E-state index in [0.717, 1.165) is 16.7 Å². The van der Waals surface area contributed by atoms with Crippen LogP contribution < -0.4 is 0 Å². The predicted molar refractivity (Wildman–Crippen MR) is 124 cm³/mol. The average molecular weight is 451 g/mol. The maximum absolute atomic E-state index is 10.9. The van der Waals surface area contributed by atoms with Gasteiger partial charge in [0.15, 0.2) is 6.29 Å². The molecule has 174 valence electrons. The van der Waals surface area contributed by atoms with Crippen LogP contribution in [0.2, 0.25) is 0 Å². The SMILES string of the molecule is CO[C@@H]1[C@@H](OC)[C@H](O)[C@@H](COC(c2ccccc2)(c2ccccc2)c2ccccc2)O[C@@H]1O. The van der Waals surface area contributed by atoms with Crippen molar-refractivity contribution in [2.24, 2.45) is 0 Å². The minimum atomic E-state index is -1.25. The van der Waals surface area contributed by atoms with Gasteiger partial charge in [0.2, 0.25) is 0 Å². The summed E-state index contributed by atoms with van der Waals surface area (Å²) in [5, 5.41) is 21.4. The Morgan fingerprint density at radius 2 is 1.12 bits per heavy atom. The summed E-state index contributed by atoms with van der Waals surface area (Å²) in [5.74, 6) is 0. The Morgan fingerprint density at radius 1 is 0.697 bits per heavy atom. The van der Waals surface area contributed by atoms with E-state index in [4.69, 9.17) is 18.9 Å². The smallest absolute Gasteiger partial charge is 0.184 e. The molecule has 0 bridgehead atoms. The highest BCUT2D eigenvalue weighted by molar-refractivity contribution is 5.47. The quantitative estimate of drug-likeness (QED) is 0.514. The van der Waals surface area contributed by atoms with Crippen LogP contribution in [0.1, 0.15) is 16.7 Å². The number of aliphatic hydroxyl groups is 2. The Kier molecular flexibility index (Phi) is 7.55. The molecular formula is C27H30O6. The number of aliphatic hydroxyl groups excluding tert-OH is 2. The van der Waals surface area contributed by atoms with Gasteiger partial charge in [0.1, 0.15) is 30.0 Å². The van der Waals surface area contributed by atoms with Crippen molar-refractivity contribution in [1.29, 1.82) is 0 Å². The molecule has 0 amide bonds. The summed E-state index contributed by atoms with van der Waals surface area (Å²) in [6.07, 6.45) is -4.69. The van der Waals surface area contributed by atoms with E-state index in [1.165, 1.54) is 14.2 Å². The normalized spacial score (nSPS) is 25.6. The maximum Gasteiger partial charge on any atom is 0.184 e. The first kappa shape index (κ1) is 23.6. The van der Waals surface area contributed by atoms with Gasteiger partial charge in [-0.05, 0) is 16.7 Å². The maximum atomic E-state index is 10.9. The lowest BCUT2D eigenvalue weighted by Crippen LogP contribution is -2.60. The largest absolute Gasteiger partial charge is 0.387 e. The molecule has 3 aromatic rings. The molecule has 0 aliphatic carbocycles. The van der Waals surface area contributed by atoms with Gasteiger partial charge in [0, 0.05) is 14.2 Å². The predicted octanol–water partition coefficient (Wildman–Crippen LogP) is 3.10. The van der Waals surface area contributed by atoms with Crippen LogP contribution in [-0.2, 0) is 24.5 Å². The van der Waals surface area contributed by atoms with Crippen LogP contribution in [0.4, 0.5) is 0 Å². The van der Waals surface area contributed by atoms with E-state index in [-0.39, 0.29) is 6.61 Å². The summed E-state index contributed by atoms with van der Waals surface area (Å²) in [6, 6.07) is 29.8. The van der Waals surface area contributed by atoms with E-state index < -0.39 is 36.3 Å². The number of hydrogen-bond acceptors (Lipinski definition) is 6. The van der Waals surface area contributed by atoms with Gasteiger partial charge in [0.05, 0.1) is 6.61 Å². The van der Waals surface area contributed by atoms with Gasteiger partial charge >= 0.3 is 0 Å². The van der Waals surface area contributed by atoms with Crippen molar-refractivity contribution in [3.8, 4) is 0 Å². The van der Waals surface area contributed by atoms with Crippen LogP contribution in [0.15, 0.2) is 91.0 Å². The molecule has 33 heavy (non-hydrogen) atoms. The zero-order valence-electron chi connectivity index (χ0n) is 18.8. The lowest BCUT2D eigenvalue weighted by molar-refractivity contribution is -0.300. The molecular weight excluding hydrogens is 420 g/mol. The molecule has 1 saturated heterocycles.